The first-order valence-electron chi connectivity index (χ1n) is 7.27. The maximum atomic E-state index is 12.4. The minimum absolute atomic E-state index is 0.0863. The van der Waals surface area contributed by atoms with Gasteiger partial charge in [-0.2, -0.15) is 0 Å². The van der Waals surface area contributed by atoms with E-state index in [9.17, 15) is 9.90 Å². The molecule has 0 radical (unpaired) electrons. The van der Waals surface area contributed by atoms with Crippen LogP contribution < -0.4 is 19.5 Å². The summed E-state index contributed by atoms with van der Waals surface area (Å²) >= 11 is 1.44. The highest BCUT2D eigenvalue weighted by Crippen LogP contribution is 2.38. The van der Waals surface area contributed by atoms with Gasteiger partial charge in [0.2, 0.25) is 5.75 Å². The van der Waals surface area contributed by atoms with Gasteiger partial charge in [-0.1, -0.05) is 6.07 Å². The van der Waals surface area contributed by atoms with Gasteiger partial charge in [0.05, 0.1) is 27.9 Å². The molecule has 2 aromatic rings. The van der Waals surface area contributed by atoms with Crippen molar-refractivity contribution in [1.82, 2.24) is 5.32 Å². The summed E-state index contributed by atoms with van der Waals surface area (Å²) in [7, 11) is 4.47. The predicted molar refractivity (Wildman–Crippen MR) is 92.3 cm³/mol. The molecular weight excluding hydrogens is 330 g/mol. The van der Waals surface area contributed by atoms with E-state index >= 15 is 0 Å². The summed E-state index contributed by atoms with van der Waals surface area (Å²) in [6.07, 6.45) is 0. The molecule has 0 fully saturated rings. The summed E-state index contributed by atoms with van der Waals surface area (Å²) in [6.45, 7) is 1.75. The lowest BCUT2D eigenvalue weighted by molar-refractivity contribution is 0.0556. The molecule has 0 saturated carbocycles. The average molecular weight is 351 g/mol. The predicted octanol–water partition coefficient (Wildman–Crippen LogP) is 2.41. The molecule has 0 aliphatic heterocycles. The fourth-order valence-corrected chi connectivity index (χ4v) is 3.03. The van der Waals surface area contributed by atoms with Crippen LogP contribution in [0.25, 0.3) is 0 Å². The summed E-state index contributed by atoms with van der Waals surface area (Å²) in [5.74, 6) is 0.868. The Morgan fingerprint density at radius 1 is 1.21 bits per heavy atom. The third kappa shape index (κ3) is 3.80. The minimum Gasteiger partial charge on any atom is -0.493 e. The number of carbonyl (C=O) groups is 1. The topological polar surface area (TPSA) is 77.0 Å². The van der Waals surface area contributed by atoms with Crippen LogP contribution in [0.1, 0.15) is 22.2 Å². The standard InChI is InChI=1S/C17H21NO5S/c1-17(20,14-6-5-7-24-14)10-18-16(19)11-8-12(21-2)15(23-4)13(9-11)22-3/h5-9,20H,10H2,1-4H3,(H,18,19). The lowest BCUT2D eigenvalue weighted by Crippen LogP contribution is -2.38. The van der Waals surface area contributed by atoms with Gasteiger partial charge < -0.3 is 24.6 Å². The largest absolute Gasteiger partial charge is 0.493 e. The summed E-state index contributed by atoms with van der Waals surface area (Å²) in [5, 5.41) is 15.1. The zero-order valence-electron chi connectivity index (χ0n) is 14.1. The SMILES string of the molecule is COc1cc(C(=O)NCC(C)(O)c2cccs2)cc(OC)c1OC. The Kier molecular flexibility index (Phi) is 5.69. The van der Waals surface area contributed by atoms with E-state index in [1.165, 1.54) is 32.7 Å². The van der Waals surface area contributed by atoms with Crippen LogP contribution in [0.4, 0.5) is 0 Å². The number of aliphatic hydroxyl groups is 1. The van der Waals surface area contributed by atoms with E-state index in [0.717, 1.165) is 4.88 Å². The number of methoxy groups -OCH3 is 3. The first-order valence-corrected chi connectivity index (χ1v) is 8.15. The van der Waals surface area contributed by atoms with E-state index < -0.39 is 5.60 Å². The van der Waals surface area contributed by atoms with Gasteiger partial charge in [-0.05, 0) is 30.5 Å². The summed E-state index contributed by atoms with van der Waals surface area (Å²) in [4.78, 5) is 13.2. The molecule has 7 heteroatoms. The second-order valence-corrected chi connectivity index (χ2v) is 6.30. The summed E-state index contributed by atoms with van der Waals surface area (Å²) < 4.78 is 15.7. The smallest absolute Gasteiger partial charge is 0.251 e. The second kappa shape index (κ2) is 7.55. The zero-order valence-corrected chi connectivity index (χ0v) is 14.9. The molecule has 1 amide bonds. The molecule has 0 saturated heterocycles. The molecule has 0 bridgehead atoms. The van der Waals surface area contributed by atoms with Crippen LogP contribution in [-0.2, 0) is 5.60 Å². The van der Waals surface area contributed by atoms with Crippen LogP contribution in [-0.4, -0.2) is 38.9 Å². The van der Waals surface area contributed by atoms with Gasteiger partial charge in [-0.3, -0.25) is 4.79 Å². The molecule has 1 atom stereocenters. The van der Waals surface area contributed by atoms with Gasteiger partial charge >= 0.3 is 0 Å². The third-order valence-corrected chi connectivity index (χ3v) is 4.70. The van der Waals surface area contributed by atoms with Crippen LogP contribution in [0.5, 0.6) is 17.2 Å². The average Bonchev–Trinajstić information content (AvgIpc) is 3.13. The van der Waals surface area contributed by atoms with Crippen LogP contribution in [0.15, 0.2) is 29.6 Å². The molecule has 6 nitrogen and oxygen atoms in total. The zero-order chi connectivity index (χ0) is 17.7. The van der Waals surface area contributed by atoms with Crippen molar-refractivity contribution in [3.8, 4) is 17.2 Å². The Hall–Kier alpha value is -2.25. The van der Waals surface area contributed by atoms with Gasteiger partial charge in [0.1, 0.15) is 5.60 Å². The van der Waals surface area contributed by atoms with Crippen LogP contribution >= 0.6 is 11.3 Å². The van der Waals surface area contributed by atoms with E-state index in [2.05, 4.69) is 5.32 Å². The van der Waals surface area contributed by atoms with Crippen molar-refractivity contribution in [3.63, 3.8) is 0 Å². The van der Waals surface area contributed by atoms with Crippen molar-refractivity contribution >= 4 is 17.2 Å². The molecule has 130 valence electrons. The van der Waals surface area contributed by atoms with E-state index in [-0.39, 0.29) is 12.5 Å². The second-order valence-electron chi connectivity index (χ2n) is 5.35. The maximum absolute atomic E-state index is 12.4. The molecule has 1 heterocycles. The molecule has 2 rings (SSSR count). The van der Waals surface area contributed by atoms with Gasteiger partial charge in [0.15, 0.2) is 11.5 Å². The van der Waals surface area contributed by atoms with E-state index in [0.29, 0.717) is 22.8 Å². The molecule has 0 spiro atoms. The van der Waals surface area contributed by atoms with Gasteiger partial charge in [0, 0.05) is 10.4 Å². The van der Waals surface area contributed by atoms with Gasteiger partial charge in [-0.25, -0.2) is 0 Å². The van der Waals surface area contributed by atoms with Crippen molar-refractivity contribution in [1.29, 1.82) is 0 Å². The molecule has 0 aliphatic carbocycles. The highest BCUT2D eigenvalue weighted by Gasteiger charge is 2.25. The Morgan fingerprint density at radius 2 is 1.83 bits per heavy atom. The number of rotatable bonds is 7. The van der Waals surface area contributed by atoms with Crippen LogP contribution in [0.3, 0.4) is 0 Å². The molecule has 2 N–H and O–H groups in total. The summed E-state index contributed by atoms with van der Waals surface area (Å²) in [6, 6.07) is 6.82. The number of amides is 1. The quantitative estimate of drug-likeness (QED) is 0.801. The highest BCUT2D eigenvalue weighted by atomic mass is 32.1. The van der Waals surface area contributed by atoms with Crippen molar-refractivity contribution in [2.75, 3.05) is 27.9 Å². The van der Waals surface area contributed by atoms with Crippen molar-refractivity contribution in [2.24, 2.45) is 0 Å². The first-order chi connectivity index (χ1) is 11.4. The Morgan fingerprint density at radius 3 is 2.29 bits per heavy atom. The van der Waals surface area contributed by atoms with Crippen molar-refractivity contribution in [3.05, 3.63) is 40.1 Å². The molecule has 1 unspecified atom stereocenters. The number of ether oxygens (including phenoxy) is 3. The highest BCUT2D eigenvalue weighted by molar-refractivity contribution is 7.10. The fourth-order valence-electron chi connectivity index (χ4n) is 2.24. The number of benzene rings is 1. The maximum Gasteiger partial charge on any atom is 0.251 e. The molecule has 1 aromatic heterocycles. The number of hydrogen-bond donors (Lipinski definition) is 2. The minimum atomic E-state index is -1.13. The molecule has 24 heavy (non-hydrogen) atoms. The van der Waals surface area contributed by atoms with Gasteiger partial charge in [-0.15, -0.1) is 11.3 Å². The first kappa shape index (κ1) is 18.1. The summed E-state index contributed by atoms with van der Waals surface area (Å²) in [5.41, 5.74) is -0.781. The van der Waals surface area contributed by atoms with Crippen LogP contribution in [0, 0.1) is 0 Å². The number of thiophene rings is 1. The molecule has 0 aliphatic rings. The fraction of sp³-hybridized carbons (Fsp3) is 0.353. The van der Waals surface area contributed by atoms with E-state index in [4.69, 9.17) is 14.2 Å². The molecular formula is C17H21NO5S. The van der Waals surface area contributed by atoms with Gasteiger partial charge in [0.25, 0.3) is 5.91 Å². The normalized spacial score (nSPS) is 13.0. The van der Waals surface area contributed by atoms with Crippen molar-refractivity contribution < 1.29 is 24.1 Å². The Bertz CT molecular complexity index is 672. The number of carbonyl (C=O) groups excluding carboxylic acids is 1. The third-order valence-electron chi connectivity index (χ3n) is 3.57. The van der Waals surface area contributed by atoms with E-state index in [1.54, 1.807) is 19.1 Å². The lowest BCUT2D eigenvalue weighted by Gasteiger charge is -2.22. The number of hydrogen-bond acceptors (Lipinski definition) is 6. The lowest BCUT2D eigenvalue weighted by atomic mass is 10.0. The van der Waals surface area contributed by atoms with E-state index in [1.807, 2.05) is 17.5 Å². The van der Waals surface area contributed by atoms with Crippen molar-refractivity contribution in [2.45, 2.75) is 12.5 Å². The molecule has 1 aromatic carbocycles. The Balaban J connectivity index is 2.18. The number of nitrogens with one attached hydrogen (secondary N) is 1. The van der Waals surface area contributed by atoms with Crippen LogP contribution in [0.2, 0.25) is 0 Å². The monoisotopic (exact) mass is 351 g/mol. The Labute approximate surface area is 145 Å².